The molecule has 1 rings (SSSR count). The molecule has 1 atom stereocenters. The number of aliphatic carboxylic acids is 1. The van der Waals surface area contributed by atoms with E-state index in [9.17, 15) is 9.59 Å². The van der Waals surface area contributed by atoms with Gasteiger partial charge in [0.1, 0.15) is 5.75 Å². The summed E-state index contributed by atoms with van der Waals surface area (Å²) >= 11 is 1.63. The summed E-state index contributed by atoms with van der Waals surface area (Å²) in [6.45, 7) is 1.73. The number of hydrogen-bond donors (Lipinski definition) is 2. The fraction of sp³-hybridized carbons (Fsp3) is 0.385. The predicted molar refractivity (Wildman–Crippen MR) is 73.6 cm³/mol. The van der Waals surface area contributed by atoms with Crippen molar-refractivity contribution in [2.24, 2.45) is 0 Å². The summed E-state index contributed by atoms with van der Waals surface area (Å²) in [6.07, 6.45) is 1.23. The highest BCUT2D eigenvalue weighted by Gasteiger charge is 2.14. The van der Waals surface area contributed by atoms with E-state index in [4.69, 9.17) is 9.84 Å². The number of hydrogen-bond acceptors (Lipinski definition) is 4. The molecule has 104 valence electrons. The van der Waals surface area contributed by atoms with Crippen LogP contribution in [0.2, 0.25) is 0 Å². The van der Waals surface area contributed by atoms with Gasteiger partial charge in [-0.3, -0.25) is 9.59 Å². The third-order valence-corrected chi connectivity index (χ3v) is 3.12. The average Bonchev–Trinajstić information content (AvgIpc) is 2.39. The first-order chi connectivity index (χ1) is 9.02. The second kappa shape index (κ2) is 7.68. The highest BCUT2D eigenvalue weighted by molar-refractivity contribution is 7.98. The van der Waals surface area contributed by atoms with Crippen molar-refractivity contribution in [1.29, 1.82) is 0 Å². The van der Waals surface area contributed by atoms with Gasteiger partial charge in [0.05, 0.1) is 6.42 Å². The number of ether oxygens (including phenoxy) is 1. The Hall–Kier alpha value is -1.69. The molecule has 0 bridgehead atoms. The largest absolute Gasteiger partial charge is 0.481 e. The van der Waals surface area contributed by atoms with E-state index in [1.54, 1.807) is 30.8 Å². The maximum absolute atomic E-state index is 11.6. The van der Waals surface area contributed by atoms with Gasteiger partial charge in [-0.25, -0.2) is 0 Å². The lowest BCUT2D eigenvalue weighted by atomic mass is 10.3. The third kappa shape index (κ3) is 5.65. The second-order valence-corrected chi connectivity index (χ2v) is 4.75. The SMILES string of the molecule is CSc1ccc(OC(C)C(=O)NCCC(=O)O)cc1. The molecule has 6 heteroatoms. The molecule has 5 nitrogen and oxygen atoms in total. The van der Waals surface area contributed by atoms with Crippen LogP contribution in [0, 0.1) is 0 Å². The lowest BCUT2D eigenvalue weighted by molar-refractivity contribution is -0.137. The van der Waals surface area contributed by atoms with Crippen molar-refractivity contribution in [2.45, 2.75) is 24.3 Å². The Labute approximate surface area is 116 Å². The molecule has 0 radical (unpaired) electrons. The number of carboxylic acids is 1. The first-order valence-electron chi connectivity index (χ1n) is 5.83. The van der Waals surface area contributed by atoms with Crippen molar-refractivity contribution in [1.82, 2.24) is 5.32 Å². The van der Waals surface area contributed by atoms with Gasteiger partial charge in [-0.15, -0.1) is 11.8 Å². The summed E-state index contributed by atoms with van der Waals surface area (Å²) in [4.78, 5) is 23.1. The molecule has 0 aliphatic rings. The van der Waals surface area contributed by atoms with Crippen molar-refractivity contribution in [2.75, 3.05) is 12.8 Å². The zero-order valence-electron chi connectivity index (χ0n) is 10.9. The van der Waals surface area contributed by atoms with Crippen LogP contribution < -0.4 is 10.1 Å². The Morgan fingerprint density at radius 3 is 2.53 bits per heavy atom. The van der Waals surface area contributed by atoms with Crippen LogP contribution in [0.5, 0.6) is 5.75 Å². The number of amides is 1. The molecule has 19 heavy (non-hydrogen) atoms. The van der Waals surface area contributed by atoms with E-state index in [1.807, 2.05) is 18.4 Å². The molecule has 1 aromatic rings. The van der Waals surface area contributed by atoms with Crippen molar-refractivity contribution < 1.29 is 19.4 Å². The molecule has 1 unspecified atom stereocenters. The number of carboxylic acid groups (broad SMARTS) is 1. The summed E-state index contributed by atoms with van der Waals surface area (Å²) in [7, 11) is 0. The molecule has 1 aromatic carbocycles. The molecular formula is C13H17NO4S. The maximum Gasteiger partial charge on any atom is 0.305 e. The van der Waals surface area contributed by atoms with Gasteiger partial charge in [0.2, 0.25) is 0 Å². The monoisotopic (exact) mass is 283 g/mol. The summed E-state index contributed by atoms with van der Waals surface area (Å²) in [6, 6.07) is 7.42. The Kier molecular flexibility index (Phi) is 6.21. The fourth-order valence-corrected chi connectivity index (χ4v) is 1.76. The van der Waals surface area contributed by atoms with Gasteiger partial charge in [0, 0.05) is 11.4 Å². The summed E-state index contributed by atoms with van der Waals surface area (Å²) in [5.41, 5.74) is 0. The molecule has 1 amide bonds. The minimum atomic E-state index is -0.943. The number of nitrogens with one attached hydrogen (secondary N) is 1. The molecule has 0 aromatic heterocycles. The lowest BCUT2D eigenvalue weighted by Gasteiger charge is -2.14. The van der Waals surface area contributed by atoms with Crippen LogP contribution in [-0.2, 0) is 9.59 Å². The zero-order chi connectivity index (χ0) is 14.3. The molecule has 0 spiro atoms. The number of rotatable bonds is 7. The van der Waals surface area contributed by atoms with Gasteiger partial charge >= 0.3 is 5.97 Å². The Morgan fingerprint density at radius 2 is 2.00 bits per heavy atom. The van der Waals surface area contributed by atoms with E-state index in [0.717, 1.165) is 4.90 Å². The average molecular weight is 283 g/mol. The highest BCUT2D eigenvalue weighted by Crippen LogP contribution is 2.19. The van der Waals surface area contributed by atoms with E-state index in [1.165, 1.54) is 0 Å². The van der Waals surface area contributed by atoms with Crippen LogP contribution in [0.3, 0.4) is 0 Å². The Balaban J connectivity index is 2.42. The molecule has 0 aliphatic carbocycles. The van der Waals surface area contributed by atoms with Gasteiger partial charge in [0.15, 0.2) is 6.10 Å². The van der Waals surface area contributed by atoms with E-state index in [-0.39, 0.29) is 18.9 Å². The van der Waals surface area contributed by atoms with Crippen LogP contribution in [0.4, 0.5) is 0 Å². The molecular weight excluding hydrogens is 266 g/mol. The van der Waals surface area contributed by atoms with E-state index in [0.29, 0.717) is 5.75 Å². The van der Waals surface area contributed by atoms with E-state index >= 15 is 0 Å². The summed E-state index contributed by atoms with van der Waals surface area (Å²) < 4.78 is 5.46. The topological polar surface area (TPSA) is 75.6 Å². The predicted octanol–water partition coefficient (Wildman–Crippen LogP) is 1.77. The zero-order valence-corrected chi connectivity index (χ0v) is 11.7. The quantitative estimate of drug-likeness (QED) is 0.746. The normalized spacial score (nSPS) is 11.7. The van der Waals surface area contributed by atoms with Crippen molar-refractivity contribution in [3.8, 4) is 5.75 Å². The molecule has 0 heterocycles. The molecule has 0 saturated carbocycles. The lowest BCUT2D eigenvalue weighted by Crippen LogP contribution is -2.37. The molecule has 0 aliphatic heterocycles. The highest BCUT2D eigenvalue weighted by atomic mass is 32.2. The standard InChI is InChI=1S/C13H17NO4S/c1-9(13(17)14-8-7-12(15)16)18-10-3-5-11(19-2)6-4-10/h3-6,9H,7-8H2,1-2H3,(H,14,17)(H,15,16). The van der Waals surface area contributed by atoms with Crippen molar-refractivity contribution in [3.63, 3.8) is 0 Å². The van der Waals surface area contributed by atoms with Gasteiger partial charge in [-0.1, -0.05) is 0 Å². The summed E-state index contributed by atoms with van der Waals surface area (Å²) in [5.74, 6) is -0.657. The van der Waals surface area contributed by atoms with Gasteiger partial charge in [-0.05, 0) is 37.4 Å². The Bertz CT molecular complexity index is 433. The van der Waals surface area contributed by atoms with Crippen molar-refractivity contribution in [3.05, 3.63) is 24.3 Å². The molecule has 0 saturated heterocycles. The fourth-order valence-electron chi connectivity index (χ4n) is 1.35. The van der Waals surface area contributed by atoms with Crippen LogP contribution in [0.15, 0.2) is 29.2 Å². The first kappa shape index (κ1) is 15.4. The number of thioether (sulfide) groups is 1. The van der Waals surface area contributed by atoms with Crippen molar-refractivity contribution >= 4 is 23.6 Å². The van der Waals surface area contributed by atoms with Crippen LogP contribution in [0.25, 0.3) is 0 Å². The number of benzene rings is 1. The minimum Gasteiger partial charge on any atom is -0.481 e. The third-order valence-electron chi connectivity index (χ3n) is 2.38. The number of carbonyl (C=O) groups is 2. The number of carbonyl (C=O) groups excluding carboxylic acids is 1. The summed E-state index contributed by atoms with van der Waals surface area (Å²) in [5, 5.41) is 11.0. The first-order valence-corrected chi connectivity index (χ1v) is 7.05. The maximum atomic E-state index is 11.6. The molecule has 2 N–H and O–H groups in total. The van der Waals surface area contributed by atoms with Gasteiger partial charge < -0.3 is 15.2 Å². The van der Waals surface area contributed by atoms with Gasteiger partial charge in [0.25, 0.3) is 5.91 Å². The molecule has 0 fully saturated rings. The minimum absolute atomic E-state index is 0.0963. The van der Waals surface area contributed by atoms with E-state index in [2.05, 4.69) is 5.32 Å². The van der Waals surface area contributed by atoms with Gasteiger partial charge in [-0.2, -0.15) is 0 Å². The van der Waals surface area contributed by atoms with Crippen LogP contribution in [-0.4, -0.2) is 35.9 Å². The van der Waals surface area contributed by atoms with E-state index < -0.39 is 12.1 Å². The van der Waals surface area contributed by atoms with Crippen LogP contribution >= 0.6 is 11.8 Å². The smallest absolute Gasteiger partial charge is 0.305 e. The Morgan fingerprint density at radius 1 is 1.37 bits per heavy atom. The second-order valence-electron chi connectivity index (χ2n) is 3.87. The van der Waals surface area contributed by atoms with Crippen LogP contribution in [0.1, 0.15) is 13.3 Å².